The van der Waals surface area contributed by atoms with Crippen molar-refractivity contribution in [3.05, 3.63) is 23.8 Å². The molecule has 1 aromatic rings. The number of likely N-dealkylation sites (tertiary alicyclic amines) is 2. The minimum Gasteiger partial charge on any atom is -0.486 e. The fourth-order valence-electron chi connectivity index (χ4n) is 4.47. The largest absolute Gasteiger partial charge is 0.486 e. The molecule has 3 heterocycles. The van der Waals surface area contributed by atoms with Crippen LogP contribution >= 0.6 is 0 Å². The standard InChI is InChI=1S/C21H27F3N2O4/c1-15(21(22,23)24)30-19(27)26-8-5-20(6-9-26)4-7-25(14-20)13-16-2-3-17-18(12-16)29-11-10-28-17/h2-3,12,15H,4-11,13-14H2,1H3. The molecule has 3 aliphatic rings. The first-order valence-corrected chi connectivity index (χ1v) is 10.4. The van der Waals surface area contributed by atoms with Crippen LogP contribution in [0, 0.1) is 5.41 Å². The number of hydrogen-bond acceptors (Lipinski definition) is 5. The maximum Gasteiger partial charge on any atom is 0.425 e. The van der Waals surface area contributed by atoms with Gasteiger partial charge in [-0.1, -0.05) is 6.07 Å². The summed E-state index contributed by atoms with van der Waals surface area (Å²) in [7, 11) is 0. The van der Waals surface area contributed by atoms with Crippen LogP contribution in [0.25, 0.3) is 0 Å². The van der Waals surface area contributed by atoms with Gasteiger partial charge in [0, 0.05) is 26.2 Å². The summed E-state index contributed by atoms with van der Waals surface area (Å²) in [6.45, 7) is 5.55. The normalized spacial score (nSPS) is 22.2. The zero-order valence-corrected chi connectivity index (χ0v) is 17.0. The van der Waals surface area contributed by atoms with Gasteiger partial charge in [-0.05, 0) is 55.8 Å². The summed E-state index contributed by atoms with van der Waals surface area (Å²) in [4.78, 5) is 15.8. The summed E-state index contributed by atoms with van der Waals surface area (Å²) >= 11 is 0. The Morgan fingerprint density at radius 2 is 1.80 bits per heavy atom. The summed E-state index contributed by atoms with van der Waals surface area (Å²) in [5.41, 5.74) is 1.28. The van der Waals surface area contributed by atoms with Gasteiger partial charge in [0.25, 0.3) is 0 Å². The summed E-state index contributed by atoms with van der Waals surface area (Å²) < 4.78 is 53.7. The predicted molar refractivity (Wildman–Crippen MR) is 103 cm³/mol. The molecule has 2 saturated heterocycles. The van der Waals surface area contributed by atoms with Crippen molar-refractivity contribution in [2.45, 2.75) is 45.0 Å². The van der Waals surface area contributed by atoms with Gasteiger partial charge in [0.2, 0.25) is 0 Å². The molecule has 0 bridgehead atoms. The molecule has 1 unspecified atom stereocenters. The number of nitrogens with zero attached hydrogens (tertiary/aromatic N) is 2. The van der Waals surface area contributed by atoms with E-state index in [1.807, 2.05) is 12.1 Å². The molecule has 9 heteroatoms. The fraction of sp³-hybridized carbons (Fsp3) is 0.667. The summed E-state index contributed by atoms with van der Waals surface area (Å²) in [6, 6.07) is 6.03. The van der Waals surface area contributed by atoms with Crippen molar-refractivity contribution in [2.24, 2.45) is 5.41 Å². The molecule has 6 nitrogen and oxygen atoms in total. The number of carbonyl (C=O) groups excluding carboxylic acids is 1. The average Bonchev–Trinajstić information content (AvgIpc) is 3.09. The van der Waals surface area contributed by atoms with Gasteiger partial charge in [0.05, 0.1) is 0 Å². The highest BCUT2D eigenvalue weighted by Gasteiger charge is 2.43. The minimum atomic E-state index is -4.54. The molecular weight excluding hydrogens is 401 g/mol. The number of ether oxygens (including phenoxy) is 3. The van der Waals surface area contributed by atoms with E-state index in [4.69, 9.17) is 9.47 Å². The molecule has 0 aliphatic carbocycles. The van der Waals surface area contributed by atoms with E-state index in [1.165, 1.54) is 10.5 Å². The molecule has 0 radical (unpaired) electrons. The Morgan fingerprint density at radius 3 is 2.50 bits per heavy atom. The van der Waals surface area contributed by atoms with Gasteiger partial charge in [0.1, 0.15) is 13.2 Å². The van der Waals surface area contributed by atoms with Gasteiger partial charge < -0.3 is 19.1 Å². The minimum absolute atomic E-state index is 0.111. The molecule has 0 saturated carbocycles. The average molecular weight is 428 g/mol. The third kappa shape index (κ3) is 4.61. The topological polar surface area (TPSA) is 51.2 Å². The van der Waals surface area contributed by atoms with E-state index < -0.39 is 18.4 Å². The van der Waals surface area contributed by atoms with Crippen LogP contribution in [0.1, 0.15) is 31.7 Å². The molecule has 1 aromatic carbocycles. The van der Waals surface area contributed by atoms with Crippen LogP contribution in [-0.4, -0.2) is 67.6 Å². The maximum absolute atomic E-state index is 12.6. The molecule has 1 amide bonds. The van der Waals surface area contributed by atoms with Crippen molar-refractivity contribution in [3.63, 3.8) is 0 Å². The van der Waals surface area contributed by atoms with Crippen LogP contribution in [0.15, 0.2) is 18.2 Å². The van der Waals surface area contributed by atoms with Crippen molar-refractivity contribution in [1.82, 2.24) is 9.80 Å². The molecular formula is C21H27F3N2O4. The highest BCUT2D eigenvalue weighted by molar-refractivity contribution is 5.68. The van der Waals surface area contributed by atoms with E-state index >= 15 is 0 Å². The third-order valence-corrected chi connectivity index (χ3v) is 6.35. The highest BCUT2D eigenvalue weighted by Crippen LogP contribution is 2.41. The summed E-state index contributed by atoms with van der Waals surface area (Å²) in [6.07, 6.45) is -4.92. The lowest BCUT2D eigenvalue weighted by Crippen LogP contribution is -2.46. The van der Waals surface area contributed by atoms with Crippen LogP contribution in [-0.2, 0) is 11.3 Å². The quantitative estimate of drug-likeness (QED) is 0.733. The zero-order valence-electron chi connectivity index (χ0n) is 17.0. The van der Waals surface area contributed by atoms with Crippen LogP contribution in [0.4, 0.5) is 18.0 Å². The molecule has 30 heavy (non-hydrogen) atoms. The second-order valence-electron chi connectivity index (χ2n) is 8.49. The second-order valence-corrected chi connectivity index (χ2v) is 8.49. The molecule has 166 valence electrons. The number of amides is 1. The lowest BCUT2D eigenvalue weighted by Gasteiger charge is -2.39. The van der Waals surface area contributed by atoms with Crippen molar-refractivity contribution in [3.8, 4) is 11.5 Å². The summed E-state index contributed by atoms with van der Waals surface area (Å²) in [5, 5.41) is 0. The van der Waals surface area contributed by atoms with Crippen molar-refractivity contribution < 1.29 is 32.2 Å². The van der Waals surface area contributed by atoms with Crippen molar-refractivity contribution in [1.29, 1.82) is 0 Å². The lowest BCUT2D eigenvalue weighted by atomic mass is 9.78. The Labute approximate surface area is 173 Å². The van der Waals surface area contributed by atoms with Crippen LogP contribution in [0.5, 0.6) is 11.5 Å². The van der Waals surface area contributed by atoms with Crippen LogP contribution in [0.3, 0.4) is 0 Å². The first kappa shape index (κ1) is 21.1. The number of carbonyl (C=O) groups is 1. The molecule has 0 aromatic heterocycles. The van der Waals surface area contributed by atoms with Gasteiger partial charge in [-0.15, -0.1) is 0 Å². The second kappa shape index (κ2) is 8.17. The van der Waals surface area contributed by atoms with Gasteiger partial charge >= 0.3 is 12.3 Å². The van der Waals surface area contributed by atoms with Gasteiger partial charge in [-0.25, -0.2) is 4.79 Å². The van der Waals surface area contributed by atoms with E-state index in [0.29, 0.717) is 26.3 Å². The van der Waals surface area contributed by atoms with Crippen LogP contribution in [0.2, 0.25) is 0 Å². The van der Waals surface area contributed by atoms with E-state index in [-0.39, 0.29) is 5.41 Å². The number of piperidine rings is 1. The molecule has 0 N–H and O–H groups in total. The Bertz CT molecular complexity index is 778. The first-order chi connectivity index (χ1) is 14.2. The Balaban J connectivity index is 1.28. The van der Waals surface area contributed by atoms with E-state index in [2.05, 4.69) is 15.7 Å². The summed E-state index contributed by atoms with van der Waals surface area (Å²) in [5.74, 6) is 1.56. The monoisotopic (exact) mass is 428 g/mol. The van der Waals surface area contributed by atoms with E-state index in [1.54, 1.807) is 0 Å². The number of halogens is 3. The molecule has 1 atom stereocenters. The number of rotatable bonds is 3. The molecule has 1 spiro atoms. The van der Waals surface area contributed by atoms with E-state index in [0.717, 1.165) is 57.3 Å². The van der Waals surface area contributed by atoms with Gasteiger partial charge in [-0.3, -0.25) is 4.90 Å². The van der Waals surface area contributed by atoms with Gasteiger partial charge in [0.15, 0.2) is 17.6 Å². The number of benzene rings is 1. The van der Waals surface area contributed by atoms with Crippen molar-refractivity contribution >= 4 is 6.09 Å². The zero-order chi connectivity index (χ0) is 21.4. The number of fused-ring (bicyclic) bond motifs is 1. The van der Waals surface area contributed by atoms with Crippen molar-refractivity contribution in [2.75, 3.05) is 39.4 Å². The smallest absolute Gasteiger partial charge is 0.425 e. The molecule has 4 rings (SSSR count). The maximum atomic E-state index is 12.6. The van der Waals surface area contributed by atoms with Gasteiger partial charge in [-0.2, -0.15) is 13.2 Å². The Hall–Kier alpha value is -2.16. The third-order valence-electron chi connectivity index (χ3n) is 6.35. The Morgan fingerprint density at radius 1 is 1.13 bits per heavy atom. The SMILES string of the molecule is CC(OC(=O)N1CCC2(CCN(Cc3ccc4c(c3)OCCO4)C2)CC1)C(F)(F)F. The highest BCUT2D eigenvalue weighted by atomic mass is 19.4. The Kier molecular flexibility index (Phi) is 5.74. The van der Waals surface area contributed by atoms with Crippen LogP contribution < -0.4 is 9.47 Å². The first-order valence-electron chi connectivity index (χ1n) is 10.4. The molecule has 3 aliphatic heterocycles. The lowest BCUT2D eigenvalue weighted by molar-refractivity contribution is -0.200. The number of hydrogen-bond donors (Lipinski definition) is 0. The molecule has 2 fully saturated rings. The fourth-order valence-corrected chi connectivity index (χ4v) is 4.47. The number of alkyl halides is 3. The van der Waals surface area contributed by atoms with E-state index in [9.17, 15) is 18.0 Å². The predicted octanol–water partition coefficient (Wildman–Crippen LogP) is 3.83.